The fourth-order valence-electron chi connectivity index (χ4n) is 2.97. The van der Waals surface area contributed by atoms with Gasteiger partial charge in [-0.3, -0.25) is 0 Å². The SMILES string of the molecule is CC(C)(c1ccc(OCCOCCOCCSF)cc1)c1ccc(OCC(O)CCl)cc1. The van der Waals surface area contributed by atoms with Gasteiger partial charge in [0.15, 0.2) is 0 Å². The van der Waals surface area contributed by atoms with E-state index in [2.05, 4.69) is 26.0 Å². The number of hydrogen-bond donors (Lipinski definition) is 1. The van der Waals surface area contributed by atoms with Crippen molar-refractivity contribution < 1.29 is 27.9 Å². The maximum atomic E-state index is 11.9. The first-order valence-corrected chi connectivity index (χ1v) is 12.0. The molecule has 0 radical (unpaired) electrons. The summed E-state index contributed by atoms with van der Waals surface area (Å²) in [4.78, 5) is 0. The molecule has 2 rings (SSSR count). The van der Waals surface area contributed by atoms with E-state index in [-0.39, 0.29) is 30.0 Å². The predicted molar refractivity (Wildman–Crippen MR) is 128 cm³/mol. The maximum Gasteiger partial charge on any atom is 0.119 e. The molecule has 5 nitrogen and oxygen atoms in total. The standard InChI is InChI=1S/C24H32ClFO5S/c1-24(2,20-5-9-23(10-6-20)31-18-21(27)17-25)19-3-7-22(8-4-19)30-14-13-28-11-12-29-15-16-32-26/h3-10,21,27H,11-18H2,1-2H3. The first-order chi connectivity index (χ1) is 15.5. The van der Waals surface area contributed by atoms with Crippen LogP contribution in [0, 0.1) is 0 Å². The largest absolute Gasteiger partial charge is 0.491 e. The van der Waals surface area contributed by atoms with Gasteiger partial charge in [-0.15, -0.1) is 11.6 Å². The van der Waals surface area contributed by atoms with Crippen LogP contribution in [0.1, 0.15) is 25.0 Å². The zero-order valence-corrected chi connectivity index (χ0v) is 20.2. The highest BCUT2D eigenvalue weighted by Gasteiger charge is 2.23. The summed E-state index contributed by atoms with van der Waals surface area (Å²) in [6, 6.07) is 15.9. The highest BCUT2D eigenvalue weighted by atomic mass is 35.5. The number of hydrogen-bond acceptors (Lipinski definition) is 6. The van der Waals surface area contributed by atoms with Crippen molar-refractivity contribution in [3.63, 3.8) is 0 Å². The third-order valence-electron chi connectivity index (χ3n) is 4.95. The Balaban J connectivity index is 1.78. The Hall–Kier alpha value is -1.51. The van der Waals surface area contributed by atoms with Crippen LogP contribution in [0.4, 0.5) is 3.89 Å². The second-order valence-corrected chi connectivity index (χ2v) is 8.61. The average molecular weight is 487 g/mol. The van der Waals surface area contributed by atoms with Crippen molar-refractivity contribution in [3.05, 3.63) is 59.7 Å². The highest BCUT2D eigenvalue weighted by molar-refractivity contribution is 7.94. The quantitative estimate of drug-likeness (QED) is 0.265. The van der Waals surface area contributed by atoms with Crippen molar-refractivity contribution in [1.82, 2.24) is 0 Å². The van der Waals surface area contributed by atoms with Gasteiger partial charge in [0.25, 0.3) is 0 Å². The number of aliphatic hydroxyl groups excluding tert-OH is 1. The second-order valence-electron chi connectivity index (χ2n) is 7.68. The second kappa shape index (κ2) is 14.6. The molecule has 0 amide bonds. The molecule has 0 saturated heterocycles. The smallest absolute Gasteiger partial charge is 0.119 e. The normalized spacial score (nSPS) is 12.5. The lowest BCUT2D eigenvalue weighted by atomic mass is 9.78. The van der Waals surface area contributed by atoms with Crippen molar-refractivity contribution in [1.29, 1.82) is 0 Å². The van der Waals surface area contributed by atoms with Crippen molar-refractivity contribution in [2.75, 3.05) is 51.3 Å². The molecular formula is C24H32ClFO5S. The van der Waals surface area contributed by atoms with E-state index in [1.54, 1.807) is 0 Å². The van der Waals surface area contributed by atoms with E-state index in [9.17, 15) is 8.99 Å². The van der Waals surface area contributed by atoms with E-state index < -0.39 is 6.10 Å². The summed E-state index contributed by atoms with van der Waals surface area (Å²) in [5.74, 6) is 1.97. The summed E-state index contributed by atoms with van der Waals surface area (Å²) >= 11 is 5.86. The third kappa shape index (κ3) is 9.16. The van der Waals surface area contributed by atoms with E-state index >= 15 is 0 Å². The van der Waals surface area contributed by atoms with E-state index in [1.165, 1.54) is 0 Å². The van der Waals surface area contributed by atoms with Crippen molar-refractivity contribution in [3.8, 4) is 11.5 Å². The fraction of sp³-hybridized carbons (Fsp3) is 0.500. The van der Waals surface area contributed by atoms with Gasteiger partial charge in [0.05, 0.1) is 32.3 Å². The number of ether oxygens (including phenoxy) is 4. The molecule has 0 aliphatic rings. The molecule has 32 heavy (non-hydrogen) atoms. The molecule has 1 atom stereocenters. The van der Waals surface area contributed by atoms with Crippen LogP contribution in [0.5, 0.6) is 11.5 Å². The van der Waals surface area contributed by atoms with Gasteiger partial charge < -0.3 is 24.1 Å². The van der Waals surface area contributed by atoms with Crippen LogP contribution >= 0.6 is 23.7 Å². The minimum Gasteiger partial charge on any atom is -0.491 e. The summed E-state index contributed by atoms with van der Waals surface area (Å²) in [5.41, 5.74) is 2.12. The van der Waals surface area contributed by atoms with Gasteiger partial charge in [0, 0.05) is 23.3 Å². The molecule has 2 aromatic rings. The van der Waals surface area contributed by atoms with Crippen molar-refractivity contribution in [2.24, 2.45) is 0 Å². The molecule has 0 spiro atoms. The molecule has 178 valence electrons. The number of rotatable bonds is 16. The summed E-state index contributed by atoms with van der Waals surface area (Å²) in [6.07, 6.45) is -0.674. The van der Waals surface area contributed by atoms with Crippen LogP contribution in [0.15, 0.2) is 48.5 Å². The predicted octanol–water partition coefficient (Wildman–Crippen LogP) is 5.02. The van der Waals surface area contributed by atoms with Crippen LogP contribution in [0.3, 0.4) is 0 Å². The van der Waals surface area contributed by atoms with Gasteiger partial charge in [-0.1, -0.05) is 38.1 Å². The number of halogens is 2. The Kier molecular flexibility index (Phi) is 12.2. The molecule has 2 aromatic carbocycles. The van der Waals surface area contributed by atoms with Crippen LogP contribution in [0.2, 0.25) is 0 Å². The van der Waals surface area contributed by atoms with E-state index in [1.807, 2.05) is 36.4 Å². The summed E-state index contributed by atoms with van der Waals surface area (Å²) in [6.45, 7) is 6.72. The molecule has 8 heteroatoms. The Labute approximate surface area is 199 Å². The van der Waals surface area contributed by atoms with Crippen LogP contribution in [-0.2, 0) is 14.9 Å². The third-order valence-corrected chi connectivity index (χ3v) is 5.62. The Bertz CT molecular complexity index is 758. The van der Waals surface area contributed by atoms with Crippen LogP contribution in [0.25, 0.3) is 0 Å². The molecule has 0 saturated carbocycles. The van der Waals surface area contributed by atoms with E-state index in [0.29, 0.717) is 44.5 Å². The number of aliphatic hydroxyl groups is 1. The van der Waals surface area contributed by atoms with Crippen LogP contribution < -0.4 is 9.47 Å². The van der Waals surface area contributed by atoms with Gasteiger partial charge in [-0.2, -0.15) is 3.89 Å². The lowest BCUT2D eigenvalue weighted by Crippen LogP contribution is -2.20. The molecular weight excluding hydrogens is 455 g/mol. The van der Waals surface area contributed by atoms with Gasteiger partial charge in [0.2, 0.25) is 0 Å². The van der Waals surface area contributed by atoms with Gasteiger partial charge in [0.1, 0.15) is 30.8 Å². The summed E-state index contributed by atoms with van der Waals surface area (Å²) in [7, 11) is 0. The minimum absolute atomic E-state index is 0.148. The molecule has 0 aliphatic heterocycles. The van der Waals surface area contributed by atoms with Crippen LogP contribution in [-0.4, -0.2) is 62.5 Å². The Morgan fingerprint density at radius 3 is 1.88 bits per heavy atom. The zero-order chi connectivity index (χ0) is 23.2. The van der Waals surface area contributed by atoms with Gasteiger partial charge in [-0.05, 0) is 35.4 Å². The van der Waals surface area contributed by atoms with E-state index in [0.717, 1.165) is 16.9 Å². The monoisotopic (exact) mass is 486 g/mol. The number of benzene rings is 2. The molecule has 0 aromatic heterocycles. The Morgan fingerprint density at radius 1 is 0.844 bits per heavy atom. The molecule has 0 bridgehead atoms. The topological polar surface area (TPSA) is 57.2 Å². The minimum atomic E-state index is -0.674. The highest BCUT2D eigenvalue weighted by Crippen LogP contribution is 2.33. The summed E-state index contributed by atoms with van der Waals surface area (Å²) < 4.78 is 33.8. The molecule has 1 N–H and O–H groups in total. The first-order valence-electron chi connectivity index (χ1n) is 10.6. The zero-order valence-electron chi connectivity index (χ0n) is 18.6. The van der Waals surface area contributed by atoms with E-state index in [4.69, 9.17) is 30.5 Å². The lowest BCUT2D eigenvalue weighted by Gasteiger charge is -2.26. The van der Waals surface area contributed by atoms with Crippen molar-refractivity contribution in [2.45, 2.75) is 25.4 Å². The van der Waals surface area contributed by atoms with Gasteiger partial charge >= 0.3 is 0 Å². The maximum absolute atomic E-state index is 11.9. The van der Waals surface area contributed by atoms with Crippen molar-refractivity contribution >= 4 is 23.7 Å². The first kappa shape index (κ1) is 26.7. The molecule has 0 aliphatic carbocycles. The molecule has 1 unspecified atom stereocenters. The van der Waals surface area contributed by atoms with Gasteiger partial charge in [-0.25, -0.2) is 0 Å². The summed E-state index contributed by atoms with van der Waals surface area (Å²) in [5, 5.41) is 9.51. The molecule has 0 fully saturated rings. The fourth-order valence-corrected chi connectivity index (χ4v) is 3.24. The molecule has 0 heterocycles. The average Bonchev–Trinajstić information content (AvgIpc) is 2.82. The Morgan fingerprint density at radius 2 is 1.34 bits per heavy atom. The lowest BCUT2D eigenvalue weighted by molar-refractivity contribution is 0.0412. The number of alkyl halides is 1.